The van der Waals surface area contributed by atoms with Gasteiger partial charge in [-0.05, 0) is 44.0 Å². The predicted octanol–water partition coefficient (Wildman–Crippen LogP) is 2.15. The maximum absolute atomic E-state index is 12.4. The second-order valence-electron chi connectivity index (χ2n) is 5.39. The van der Waals surface area contributed by atoms with Gasteiger partial charge in [-0.1, -0.05) is 0 Å². The zero-order valence-corrected chi connectivity index (χ0v) is 11.3. The van der Waals surface area contributed by atoms with Crippen molar-refractivity contribution in [3.8, 4) is 6.07 Å². The molecule has 1 aromatic carbocycles. The summed E-state index contributed by atoms with van der Waals surface area (Å²) in [7, 11) is 0. The molecule has 5 heteroatoms. The first-order valence-electron chi connectivity index (χ1n) is 6.49. The van der Waals surface area contributed by atoms with Crippen LogP contribution in [0.25, 0.3) is 0 Å². The van der Waals surface area contributed by atoms with Crippen molar-refractivity contribution in [2.75, 3.05) is 13.1 Å². The van der Waals surface area contributed by atoms with Crippen molar-refractivity contribution in [3.05, 3.63) is 35.4 Å². The maximum Gasteiger partial charge on any atom is 0.335 e. The molecule has 5 nitrogen and oxygen atoms in total. The summed E-state index contributed by atoms with van der Waals surface area (Å²) in [5, 5.41) is 18.0. The Kier molecular flexibility index (Phi) is 3.75. The molecular formula is C15H16N2O3. The first-order valence-corrected chi connectivity index (χ1v) is 6.49. The molecule has 1 saturated heterocycles. The van der Waals surface area contributed by atoms with E-state index < -0.39 is 11.4 Å². The number of nitriles is 1. The number of benzene rings is 1. The number of carbonyl (C=O) groups is 2. The summed E-state index contributed by atoms with van der Waals surface area (Å²) in [5.74, 6) is -1.16. The van der Waals surface area contributed by atoms with E-state index in [9.17, 15) is 9.59 Å². The molecule has 1 atom stereocenters. The topological polar surface area (TPSA) is 81.4 Å². The highest BCUT2D eigenvalue weighted by molar-refractivity contribution is 5.96. The number of aromatic carboxylic acids is 1. The Bertz CT molecular complexity index is 574. The van der Waals surface area contributed by atoms with Gasteiger partial charge in [-0.3, -0.25) is 4.79 Å². The van der Waals surface area contributed by atoms with Crippen LogP contribution in [0.5, 0.6) is 0 Å². The second-order valence-corrected chi connectivity index (χ2v) is 5.39. The number of nitrogens with zero attached hydrogens (tertiary/aromatic N) is 2. The maximum atomic E-state index is 12.4. The van der Waals surface area contributed by atoms with E-state index in [1.54, 1.807) is 4.90 Å². The quantitative estimate of drug-likeness (QED) is 0.894. The van der Waals surface area contributed by atoms with Gasteiger partial charge in [0.15, 0.2) is 0 Å². The highest BCUT2D eigenvalue weighted by Crippen LogP contribution is 2.29. The third kappa shape index (κ3) is 2.80. The minimum Gasteiger partial charge on any atom is -0.478 e. The molecule has 0 bridgehead atoms. The van der Waals surface area contributed by atoms with Crippen LogP contribution in [0.2, 0.25) is 0 Å². The number of carbonyl (C=O) groups excluding carboxylic acids is 1. The van der Waals surface area contributed by atoms with Gasteiger partial charge >= 0.3 is 5.97 Å². The Morgan fingerprint density at radius 1 is 1.30 bits per heavy atom. The third-order valence-electron chi connectivity index (χ3n) is 3.63. The SMILES string of the molecule is C[C@]1(C#N)CCCN(C(=O)c2ccc(C(=O)O)cc2)C1. The van der Waals surface area contributed by atoms with Gasteiger partial charge in [0.1, 0.15) is 0 Å². The zero-order valence-electron chi connectivity index (χ0n) is 11.3. The molecule has 1 aromatic rings. The van der Waals surface area contributed by atoms with E-state index in [1.165, 1.54) is 24.3 Å². The molecule has 1 aliphatic rings. The molecule has 0 unspecified atom stereocenters. The predicted molar refractivity (Wildman–Crippen MR) is 72.3 cm³/mol. The normalized spacial score (nSPS) is 22.1. The molecule has 1 fully saturated rings. The van der Waals surface area contributed by atoms with Crippen molar-refractivity contribution >= 4 is 11.9 Å². The monoisotopic (exact) mass is 272 g/mol. The lowest BCUT2D eigenvalue weighted by molar-refractivity contribution is 0.0628. The lowest BCUT2D eigenvalue weighted by atomic mass is 9.83. The van der Waals surface area contributed by atoms with Gasteiger partial charge in [0.25, 0.3) is 5.91 Å². The molecule has 2 rings (SSSR count). The van der Waals surface area contributed by atoms with E-state index in [0.29, 0.717) is 18.7 Å². The van der Waals surface area contributed by atoms with Crippen LogP contribution in [0.4, 0.5) is 0 Å². The largest absolute Gasteiger partial charge is 0.478 e. The second kappa shape index (κ2) is 5.33. The molecule has 1 aliphatic heterocycles. The van der Waals surface area contributed by atoms with Crippen molar-refractivity contribution in [1.29, 1.82) is 5.26 Å². The minimum absolute atomic E-state index is 0.150. The van der Waals surface area contributed by atoms with Gasteiger partial charge in [-0.2, -0.15) is 5.26 Å². The summed E-state index contributed by atoms with van der Waals surface area (Å²) in [4.78, 5) is 24.8. The molecule has 0 aromatic heterocycles. The van der Waals surface area contributed by atoms with Crippen LogP contribution in [-0.2, 0) is 0 Å². The molecule has 0 spiro atoms. The highest BCUT2D eigenvalue weighted by atomic mass is 16.4. The Hall–Kier alpha value is -2.35. The summed E-state index contributed by atoms with van der Waals surface area (Å²) in [6.45, 7) is 2.92. The molecule has 1 amide bonds. The zero-order chi connectivity index (χ0) is 14.8. The fourth-order valence-electron chi connectivity index (χ4n) is 2.44. The van der Waals surface area contributed by atoms with Crippen LogP contribution in [0.1, 0.15) is 40.5 Å². The number of carboxylic acid groups (broad SMARTS) is 1. The van der Waals surface area contributed by atoms with Crippen LogP contribution < -0.4 is 0 Å². The molecule has 1 heterocycles. The number of amides is 1. The summed E-state index contributed by atoms with van der Waals surface area (Å²) in [6, 6.07) is 8.14. The first-order chi connectivity index (χ1) is 9.45. The van der Waals surface area contributed by atoms with Crippen molar-refractivity contribution in [2.45, 2.75) is 19.8 Å². The fourth-order valence-corrected chi connectivity index (χ4v) is 2.44. The minimum atomic E-state index is -1.01. The smallest absolute Gasteiger partial charge is 0.335 e. The van der Waals surface area contributed by atoms with Gasteiger partial charge in [-0.25, -0.2) is 4.79 Å². The number of likely N-dealkylation sites (tertiary alicyclic amines) is 1. The van der Waals surface area contributed by atoms with Gasteiger partial charge in [0.05, 0.1) is 17.0 Å². The molecule has 1 N–H and O–H groups in total. The van der Waals surface area contributed by atoms with Crippen molar-refractivity contribution in [2.24, 2.45) is 5.41 Å². The Balaban J connectivity index is 2.15. The molecule has 20 heavy (non-hydrogen) atoms. The first kappa shape index (κ1) is 14.1. The van der Waals surface area contributed by atoms with Gasteiger partial charge in [0.2, 0.25) is 0 Å². The van der Waals surface area contributed by atoms with Crippen molar-refractivity contribution < 1.29 is 14.7 Å². The lowest BCUT2D eigenvalue weighted by Gasteiger charge is -2.36. The summed E-state index contributed by atoms with van der Waals surface area (Å²) in [6.07, 6.45) is 1.61. The van der Waals surface area contributed by atoms with Gasteiger partial charge in [-0.15, -0.1) is 0 Å². The lowest BCUT2D eigenvalue weighted by Crippen LogP contribution is -2.44. The van der Waals surface area contributed by atoms with Crippen LogP contribution in [0.15, 0.2) is 24.3 Å². The van der Waals surface area contributed by atoms with E-state index in [1.807, 2.05) is 6.92 Å². The van der Waals surface area contributed by atoms with E-state index in [4.69, 9.17) is 10.4 Å². The number of hydrogen-bond acceptors (Lipinski definition) is 3. The Labute approximate surface area is 117 Å². The molecular weight excluding hydrogens is 256 g/mol. The Morgan fingerprint density at radius 2 is 1.90 bits per heavy atom. The average molecular weight is 272 g/mol. The average Bonchev–Trinajstić information content (AvgIpc) is 2.46. The van der Waals surface area contributed by atoms with E-state index >= 15 is 0 Å². The highest BCUT2D eigenvalue weighted by Gasteiger charge is 2.33. The number of rotatable bonds is 2. The van der Waals surface area contributed by atoms with Crippen molar-refractivity contribution in [3.63, 3.8) is 0 Å². The molecule has 0 saturated carbocycles. The van der Waals surface area contributed by atoms with E-state index in [0.717, 1.165) is 12.8 Å². The standard InChI is InChI=1S/C15H16N2O3/c1-15(9-16)7-2-8-17(10-15)13(18)11-3-5-12(6-4-11)14(19)20/h3-6H,2,7-8,10H2,1H3,(H,19,20)/t15-/m1/s1. The number of hydrogen-bond donors (Lipinski definition) is 1. The van der Waals surface area contributed by atoms with Gasteiger partial charge in [0, 0.05) is 18.7 Å². The Morgan fingerprint density at radius 3 is 2.45 bits per heavy atom. The van der Waals surface area contributed by atoms with E-state index in [-0.39, 0.29) is 11.5 Å². The molecule has 0 radical (unpaired) electrons. The fraction of sp³-hybridized carbons (Fsp3) is 0.400. The van der Waals surface area contributed by atoms with Crippen LogP contribution in [0, 0.1) is 16.7 Å². The van der Waals surface area contributed by atoms with E-state index in [2.05, 4.69) is 6.07 Å². The number of piperidine rings is 1. The van der Waals surface area contributed by atoms with Crippen LogP contribution >= 0.6 is 0 Å². The molecule has 104 valence electrons. The number of carboxylic acids is 1. The van der Waals surface area contributed by atoms with Gasteiger partial charge < -0.3 is 10.0 Å². The summed E-state index contributed by atoms with van der Waals surface area (Å²) < 4.78 is 0. The summed E-state index contributed by atoms with van der Waals surface area (Å²) in [5.41, 5.74) is 0.119. The van der Waals surface area contributed by atoms with Crippen LogP contribution in [-0.4, -0.2) is 35.0 Å². The van der Waals surface area contributed by atoms with Crippen LogP contribution in [0.3, 0.4) is 0 Å². The molecule has 0 aliphatic carbocycles. The summed E-state index contributed by atoms with van der Waals surface area (Å²) >= 11 is 0. The third-order valence-corrected chi connectivity index (χ3v) is 3.63. The van der Waals surface area contributed by atoms with Crippen molar-refractivity contribution in [1.82, 2.24) is 4.90 Å².